The number of thiocarbonyl (C=S) groups is 1. The Labute approximate surface area is 143 Å². The summed E-state index contributed by atoms with van der Waals surface area (Å²) in [7, 11) is 0. The van der Waals surface area contributed by atoms with Gasteiger partial charge >= 0.3 is 0 Å². The molecule has 0 aliphatic heterocycles. The molecule has 22 heavy (non-hydrogen) atoms. The van der Waals surface area contributed by atoms with Crippen LogP contribution in [0.5, 0.6) is 5.75 Å². The van der Waals surface area contributed by atoms with Crippen molar-refractivity contribution >= 4 is 39.0 Å². The van der Waals surface area contributed by atoms with Gasteiger partial charge in [0.1, 0.15) is 18.1 Å². The van der Waals surface area contributed by atoms with E-state index in [0.29, 0.717) is 6.61 Å². The minimum Gasteiger partial charge on any atom is -0.487 e. The van der Waals surface area contributed by atoms with Crippen LogP contribution >= 0.6 is 28.1 Å². The number of aryl methyl sites for hydroxylation is 1. The normalized spacial score (nSPS) is 11.1. The Hall–Kier alpha value is -1.92. The van der Waals surface area contributed by atoms with Crippen LogP contribution in [-0.2, 0) is 0 Å². The maximum absolute atomic E-state index is 5.76. The molecule has 0 saturated heterocycles. The third-order valence-electron chi connectivity index (χ3n) is 2.88. The topological polar surface area (TPSA) is 59.6 Å². The Morgan fingerprint density at radius 3 is 2.41 bits per heavy atom. The monoisotopic (exact) mass is 377 g/mol. The first-order chi connectivity index (χ1) is 10.5. The molecule has 6 heteroatoms. The first kappa shape index (κ1) is 16.5. The summed E-state index contributed by atoms with van der Waals surface area (Å²) in [4.78, 5) is 0. The van der Waals surface area contributed by atoms with Crippen LogP contribution in [0.2, 0.25) is 0 Å². The van der Waals surface area contributed by atoms with Crippen molar-refractivity contribution in [2.24, 2.45) is 10.8 Å². The number of halogens is 1. The molecule has 2 aromatic carbocycles. The van der Waals surface area contributed by atoms with Crippen molar-refractivity contribution in [3.05, 3.63) is 64.1 Å². The van der Waals surface area contributed by atoms with Gasteiger partial charge in [-0.25, -0.2) is 0 Å². The van der Waals surface area contributed by atoms with Gasteiger partial charge in [-0.15, -0.1) is 0 Å². The third kappa shape index (κ3) is 5.13. The number of nitrogens with two attached hydrogens (primary N) is 1. The van der Waals surface area contributed by atoms with Crippen LogP contribution in [0, 0.1) is 6.92 Å². The van der Waals surface area contributed by atoms with Crippen molar-refractivity contribution in [1.82, 2.24) is 5.43 Å². The molecule has 0 heterocycles. The first-order valence-electron chi connectivity index (χ1n) is 6.62. The van der Waals surface area contributed by atoms with E-state index >= 15 is 0 Å². The minimum absolute atomic E-state index is 0.119. The van der Waals surface area contributed by atoms with Gasteiger partial charge in [0.25, 0.3) is 0 Å². The molecule has 2 rings (SSSR count). The summed E-state index contributed by atoms with van der Waals surface area (Å²) in [6.07, 6.45) is 0. The summed E-state index contributed by atoms with van der Waals surface area (Å²) in [5, 5.41) is 4.34. The summed E-state index contributed by atoms with van der Waals surface area (Å²) < 4.78 is 6.77. The third-order valence-corrected chi connectivity index (χ3v) is 3.49. The molecule has 114 valence electrons. The van der Waals surface area contributed by atoms with Gasteiger partial charge in [0.2, 0.25) is 0 Å². The SMILES string of the molecule is Cc1ccc(/C(COc2ccc(Br)cc2)=N\NC(N)=S)cc1. The van der Waals surface area contributed by atoms with Crippen molar-refractivity contribution in [2.75, 3.05) is 6.61 Å². The van der Waals surface area contributed by atoms with E-state index < -0.39 is 0 Å². The van der Waals surface area contributed by atoms with Crippen LogP contribution in [-0.4, -0.2) is 17.4 Å². The van der Waals surface area contributed by atoms with Gasteiger partial charge in [0.05, 0.1) is 0 Å². The van der Waals surface area contributed by atoms with E-state index in [9.17, 15) is 0 Å². The van der Waals surface area contributed by atoms with Gasteiger partial charge in [0.15, 0.2) is 5.11 Å². The fraction of sp³-hybridized carbons (Fsp3) is 0.125. The molecule has 4 nitrogen and oxygen atoms in total. The number of benzene rings is 2. The van der Waals surface area contributed by atoms with Crippen LogP contribution in [0.25, 0.3) is 0 Å². The van der Waals surface area contributed by atoms with Crippen LogP contribution in [0.4, 0.5) is 0 Å². The Kier molecular flexibility index (Phi) is 5.91. The second-order valence-corrected chi connectivity index (χ2v) is 6.00. The molecular weight excluding hydrogens is 362 g/mol. The van der Waals surface area contributed by atoms with E-state index in [1.165, 1.54) is 5.56 Å². The number of nitrogens with zero attached hydrogens (tertiary/aromatic N) is 1. The van der Waals surface area contributed by atoms with Crippen LogP contribution in [0.3, 0.4) is 0 Å². The summed E-state index contributed by atoms with van der Waals surface area (Å²) in [5.41, 5.74) is 10.9. The Morgan fingerprint density at radius 2 is 1.82 bits per heavy atom. The lowest BCUT2D eigenvalue weighted by Gasteiger charge is -2.10. The lowest BCUT2D eigenvalue weighted by atomic mass is 10.1. The fourth-order valence-corrected chi connectivity index (χ4v) is 2.04. The molecule has 0 aliphatic rings. The molecule has 0 spiro atoms. The maximum atomic E-state index is 5.76. The molecule has 0 atom stereocenters. The average Bonchev–Trinajstić information content (AvgIpc) is 2.50. The highest BCUT2D eigenvalue weighted by Gasteiger charge is 2.06. The molecule has 0 saturated carbocycles. The fourth-order valence-electron chi connectivity index (χ4n) is 1.73. The standard InChI is InChI=1S/C16H16BrN3OS/c1-11-2-4-12(5-3-11)15(19-20-16(18)22)10-21-14-8-6-13(17)7-9-14/h2-9H,10H2,1H3,(H3,18,20,22)/b19-15-. The summed E-state index contributed by atoms with van der Waals surface area (Å²) in [6.45, 7) is 2.34. The second-order valence-electron chi connectivity index (χ2n) is 4.64. The molecule has 2 aromatic rings. The Bertz CT molecular complexity index is 669. The zero-order valence-corrected chi connectivity index (χ0v) is 14.4. The highest BCUT2D eigenvalue weighted by Crippen LogP contribution is 2.16. The summed E-state index contributed by atoms with van der Waals surface area (Å²) in [6, 6.07) is 15.6. The zero-order chi connectivity index (χ0) is 15.9. The highest BCUT2D eigenvalue weighted by atomic mass is 79.9. The number of hydrogen-bond donors (Lipinski definition) is 2. The van der Waals surface area contributed by atoms with Crippen molar-refractivity contribution in [1.29, 1.82) is 0 Å². The van der Waals surface area contributed by atoms with Crippen molar-refractivity contribution in [3.8, 4) is 5.75 Å². The molecular formula is C16H16BrN3OS. The van der Waals surface area contributed by atoms with Crippen molar-refractivity contribution in [3.63, 3.8) is 0 Å². The van der Waals surface area contributed by atoms with E-state index in [4.69, 9.17) is 22.7 Å². The number of ether oxygens (including phenoxy) is 1. The lowest BCUT2D eigenvalue weighted by Crippen LogP contribution is -2.27. The van der Waals surface area contributed by atoms with E-state index in [0.717, 1.165) is 21.5 Å². The second kappa shape index (κ2) is 7.91. The largest absolute Gasteiger partial charge is 0.487 e. The predicted octanol–water partition coefficient (Wildman–Crippen LogP) is 3.37. The number of rotatable bonds is 5. The van der Waals surface area contributed by atoms with Crippen LogP contribution in [0.1, 0.15) is 11.1 Å². The quantitative estimate of drug-likeness (QED) is 0.476. The van der Waals surface area contributed by atoms with Gasteiger partial charge in [-0.1, -0.05) is 45.8 Å². The molecule has 0 amide bonds. The number of hydrazone groups is 1. The Balaban J connectivity index is 2.14. The zero-order valence-electron chi connectivity index (χ0n) is 12.0. The molecule has 3 N–H and O–H groups in total. The minimum atomic E-state index is 0.119. The van der Waals surface area contributed by atoms with Gasteiger partial charge in [-0.05, 0) is 43.4 Å². The molecule has 0 radical (unpaired) electrons. The smallest absolute Gasteiger partial charge is 0.184 e. The van der Waals surface area contributed by atoms with Crippen LogP contribution < -0.4 is 15.9 Å². The molecule has 0 aromatic heterocycles. The average molecular weight is 378 g/mol. The molecule has 0 aliphatic carbocycles. The van der Waals surface area contributed by atoms with Crippen molar-refractivity contribution in [2.45, 2.75) is 6.92 Å². The first-order valence-corrected chi connectivity index (χ1v) is 7.82. The van der Waals surface area contributed by atoms with Gasteiger partial charge in [0, 0.05) is 10.0 Å². The molecule has 0 bridgehead atoms. The van der Waals surface area contributed by atoms with E-state index in [1.807, 2.05) is 55.5 Å². The number of hydrogen-bond acceptors (Lipinski definition) is 3. The predicted molar refractivity (Wildman–Crippen MR) is 97.3 cm³/mol. The highest BCUT2D eigenvalue weighted by molar-refractivity contribution is 9.10. The van der Waals surface area contributed by atoms with Crippen LogP contribution in [0.15, 0.2) is 58.1 Å². The summed E-state index contributed by atoms with van der Waals surface area (Å²) in [5.74, 6) is 0.762. The molecule has 0 fully saturated rings. The van der Waals surface area contributed by atoms with Gasteiger partial charge < -0.3 is 10.5 Å². The Morgan fingerprint density at radius 1 is 1.18 bits per heavy atom. The van der Waals surface area contributed by atoms with Gasteiger partial charge in [-0.2, -0.15) is 5.10 Å². The van der Waals surface area contributed by atoms with E-state index in [1.54, 1.807) is 0 Å². The molecule has 0 unspecified atom stereocenters. The van der Waals surface area contributed by atoms with E-state index in [2.05, 4.69) is 26.5 Å². The van der Waals surface area contributed by atoms with Crippen molar-refractivity contribution < 1.29 is 4.74 Å². The summed E-state index contributed by atoms with van der Waals surface area (Å²) >= 11 is 8.18. The lowest BCUT2D eigenvalue weighted by molar-refractivity contribution is 0.376. The number of nitrogens with one attached hydrogen (secondary N) is 1. The van der Waals surface area contributed by atoms with E-state index in [-0.39, 0.29) is 5.11 Å². The maximum Gasteiger partial charge on any atom is 0.184 e. The van der Waals surface area contributed by atoms with Gasteiger partial charge in [-0.3, -0.25) is 5.43 Å².